The molecule has 0 amide bonds. The zero-order valence-electron chi connectivity index (χ0n) is 20.3. The first-order valence-corrected chi connectivity index (χ1v) is 11.9. The van der Waals surface area contributed by atoms with Gasteiger partial charge in [-0.15, -0.1) is 11.4 Å². The molecule has 36 heavy (non-hydrogen) atoms. The van der Waals surface area contributed by atoms with Gasteiger partial charge in [-0.3, -0.25) is 9.98 Å². The average Bonchev–Trinajstić information content (AvgIpc) is 2.90. The van der Waals surface area contributed by atoms with Crippen molar-refractivity contribution in [3.05, 3.63) is 143 Å². The van der Waals surface area contributed by atoms with E-state index in [1.54, 1.807) is 0 Å². The largest absolute Gasteiger partial charge is 0.658 e. The molecular weight excluding hydrogens is 440 g/mol. The van der Waals surface area contributed by atoms with E-state index in [-0.39, 0.29) is 0 Å². The summed E-state index contributed by atoms with van der Waals surface area (Å²) in [6.07, 6.45) is 4.03. The Hall–Kier alpha value is -4.70. The monoisotopic (exact) mass is 466 g/mol. The molecule has 176 valence electrons. The number of benzene rings is 4. The molecule has 1 aliphatic heterocycles. The summed E-state index contributed by atoms with van der Waals surface area (Å²) >= 11 is 0. The molecule has 0 saturated heterocycles. The molecule has 5 rings (SSSR count). The van der Waals surface area contributed by atoms with Gasteiger partial charge in [0.15, 0.2) is 0 Å². The fourth-order valence-electron chi connectivity index (χ4n) is 3.98. The maximum atomic E-state index is 5.08. The van der Waals surface area contributed by atoms with Crippen LogP contribution in [-0.2, 0) is 0 Å². The van der Waals surface area contributed by atoms with Gasteiger partial charge in [0.2, 0.25) is 0 Å². The molecule has 4 aromatic rings. The summed E-state index contributed by atoms with van der Waals surface area (Å²) in [6, 6.07) is 36.2. The van der Waals surface area contributed by atoms with Crippen molar-refractivity contribution in [2.24, 2.45) is 9.98 Å². The maximum absolute atomic E-state index is 5.08. The van der Waals surface area contributed by atoms with E-state index in [1.807, 2.05) is 111 Å². The lowest BCUT2D eigenvalue weighted by Gasteiger charge is -2.37. The molecule has 0 atom stereocenters. The van der Waals surface area contributed by atoms with Crippen LogP contribution in [-0.4, -0.2) is 11.4 Å². The van der Waals surface area contributed by atoms with E-state index in [2.05, 4.69) is 24.3 Å². The molecule has 1 heterocycles. The lowest BCUT2D eigenvalue weighted by atomic mass is 10.1. The summed E-state index contributed by atoms with van der Waals surface area (Å²) < 4.78 is 0. The van der Waals surface area contributed by atoms with Crippen LogP contribution >= 0.6 is 0 Å². The molecule has 4 heteroatoms. The van der Waals surface area contributed by atoms with E-state index < -0.39 is 0 Å². The SMILES string of the molecule is CC1=Nc2ccccc2N=C(C)/C=C(\c2ccccc2)[N-]c2ccccc2[N-]/C(c2ccccc2)=C\1. The van der Waals surface area contributed by atoms with E-state index in [0.717, 1.165) is 56.7 Å². The van der Waals surface area contributed by atoms with E-state index in [4.69, 9.17) is 20.6 Å². The van der Waals surface area contributed by atoms with Crippen molar-refractivity contribution in [1.29, 1.82) is 0 Å². The molecule has 4 nitrogen and oxygen atoms in total. The zero-order valence-corrected chi connectivity index (χ0v) is 20.3. The zero-order chi connectivity index (χ0) is 24.7. The van der Waals surface area contributed by atoms with E-state index in [0.29, 0.717) is 0 Å². The molecule has 0 aliphatic carbocycles. The van der Waals surface area contributed by atoms with Crippen molar-refractivity contribution >= 4 is 45.6 Å². The van der Waals surface area contributed by atoms with Crippen LogP contribution in [0.25, 0.3) is 22.0 Å². The summed E-state index contributed by atoms with van der Waals surface area (Å²) in [5.41, 5.74) is 8.52. The smallest absolute Gasteiger partial charge is 0.0889 e. The Bertz CT molecular complexity index is 1370. The first-order valence-electron chi connectivity index (χ1n) is 11.9. The molecule has 0 fully saturated rings. The highest BCUT2D eigenvalue weighted by atomic mass is 15.0. The van der Waals surface area contributed by atoms with Crippen LogP contribution in [0.2, 0.25) is 0 Å². The van der Waals surface area contributed by atoms with Crippen molar-refractivity contribution in [3.63, 3.8) is 0 Å². The predicted molar refractivity (Wildman–Crippen MR) is 153 cm³/mol. The number of aliphatic imine (C=N–C) groups is 2. The second-order valence-corrected chi connectivity index (χ2v) is 8.50. The summed E-state index contributed by atoms with van der Waals surface area (Å²) in [5.74, 6) is 0. The van der Waals surface area contributed by atoms with Gasteiger partial charge in [0.05, 0.1) is 11.4 Å². The lowest BCUT2D eigenvalue weighted by molar-refractivity contribution is 1.43. The Balaban J connectivity index is 1.72. The van der Waals surface area contributed by atoms with Gasteiger partial charge >= 0.3 is 0 Å². The number of rotatable bonds is 2. The van der Waals surface area contributed by atoms with E-state index >= 15 is 0 Å². The van der Waals surface area contributed by atoms with Crippen molar-refractivity contribution in [3.8, 4) is 0 Å². The van der Waals surface area contributed by atoms with Crippen molar-refractivity contribution < 1.29 is 0 Å². The van der Waals surface area contributed by atoms with Crippen LogP contribution in [0.5, 0.6) is 0 Å². The molecular formula is C32H26N4-2. The highest BCUT2D eigenvalue weighted by molar-refractivity contribution is 6.08. The van der Waals surface area contributed by atoms with Crippen LogP contribution in [0.15, 0.2) is 131 Å². The third kappa shape index (κ3) is 5.50. The fourth-order valence-corrected chi connectivity index (χ4v) is 3.98. The van der Waals surface area contributed by atoms with Crippen LogP contribution in [0, 0.1) is 0 Å². The first kappa shape index (κ1) is 23.1. The van der Waals surface area contributed by atoms with Gasteiger partial charge in [0.1, 0.15) is 0 Å². The van der Waals surface area contributed by atoms with Crippen LogP contribution in [0.1, 0.15) is 25.0 Å². The fraction of sp³-hybridized carbons (Fsp3) is 0.0625. The highest BCUT2D eigenvalue weighted by Gasteiger charge is 2.03. The molecule has 0 spiro atoms. The second kappa shape index (κ2) is 10.7. The molecule has 1 aliphatic rings. The summed E-state index contributed by atoms with van der Waals surface area (Å²) in [4.78, 5) is 9.80. The topological polar surface area (TPSA) is 52.9 Å². The van der Waals surface area contributed by atoms with Gasteiger partial charge < -0.3 is 10.6 Å². The van der Waals surface area contributed by atoms with Crippen molar-refractivity contribution in [1.82, 2.24) is 0 Å². The van der Waals surface area contributed by atoms with E-state index in [1.165, 1.54) is 0 Å². The normalized spacial score (nSPS) is 16.7. The van der Waals surface area contributed by atoms with Gasteiger partial charge in [0, 0.05) is 11.4 Å². The Morgan fingerprint density at radius 3 is 1.22 bits per heavy atom. The number of hydrogen-bond acceptors (Lipinski definition) is 2. The predicted octanol–water partition coefficient (Wildman–Crippen LogP) is 9.68. The lowest BCUT2D eigenvalue weighted by Crippen LogP contribution is -1.93. The maximum Gasteiger partial charge on any atom is 0.0889 e. The third-order valence-corrected chi connectivity index (χ3v) is 5.67. The van der Waals surface area contributed by atoms with Crippen LogP contribution in [0.3, 0.4) is 0 Å². The highest BCUT2D eigenvalue weighted by Crippen LogP contribution is 2.43. The van der Waals surface area contributed by atoms with Gasteiger partial charge in [-0.25, -0.2) is 0 Å². The number of fused-ring (bicyclic) bond motifs is 2. The standard InChI is InChI=1S/C32H26N4/c1-23-21-31(25-13-5-3-6-14-25)35-29-19-11-12-20-30(29)36-32(26-15-7-4-8-16-26)22-24(2)34-28-18-10-9-17-27(28)33-23/h3-22H,1-2H3/q-2/b31-21-,32-22+,33-23?,34-24?. The number of nitrogens with zero attached hydrogens (tertiary/aromatic N) is 4. The summed E-state index contributed by atoms with van der Waals surface area (Å²) in [7, 11) is 0. The Morgan fingerprint density at radius 1 is 0.444 bits per heavy atom. The summed E-state index contributed by atoms with van der Waals surface area (Å²) in [6.45, 7) is 3.97. The minimum absolute atomic E-state index is 0.786. The van der Waals surface area contributed by atoms with Gasteiger partial charge in [0.25, 0.3) is 0 Å². The molecule has 0 aromatic heterocycles. The average molecular weight is 467 g/mol. The van der Waals surface area contributed by atoms with Gasteiger partial charge in [-0.05, 0) is 37.1 Å². The molecule has 0 radical (unpaired) electrons. The molecule has 0 N–H and O–H groups in total. The van der Waals surface area contributed by atoms with Crippen LogP contribution in [0.4, 0.5) is 22.7 Å². The minimum Gasteiger partial charge on any atom is -0.658 e. The molecule has 0 unspecified atom stereocenters. The first-order chi connectivity index (χ1) is 17.7. The molecule has 0 saturated carbocycles. The van der Waals surface area contributed by atoms with Crippen molar-refractivity contribution in [2.75, 3.05) is 0 Å². The minimum atomic E-state index is 0.786. The Kier molecular flexibility index (Phi) is 6.86. The van der Waals surface area contributed by atoms with Gasteiger partial charge in [-0.2, -0.15) is 11.4 Å². The van der Waals surface area contributed by atoms with E-state index in [9.17, 15) is 0 Å². The molecule has 0 bridgehead atoms. The number of para-hydroxylation sites is 4. The number of allylic oxidation sites excluding steroid dienone is 2. The van der Waals surface area contributed by atoms with Crippen molar-refractivity contribution in [2.45, 2.75) is 13.8 Å². The second-order valence-electron chi connectivity index (χ2n) is 8.50. The summed E-state index contributed by atoms with van der Waals surface area (Å²) in [5, 5.41) is 10.2. The quantitative estimate of drug-likeness (QED) is 0.282. The Morgan fingerprint density at radius 2 is 0.806 bits per heavy atom. The van der Waals surface area contributed by atoms with Gasteiger partial charge in [-0.1, -0.05) is 109 Å². The molecule has 4 aromatic carbocycles. The number of hydrogen-bond donors (Lipinski definition) is 0. The Labute approximate surface area is 212 Å². The third-order valence-electron chi connectivity index (χ3n) is 5.67. The van der Waals surface area contributed by atoms with Crippen LogP contribution < -0.4 is 0 Å².